The van der Waals surface area contributed by atoms with E-state index in [0.29, 0.717) is 18.4 Å². The van der Waals surface area contributed by atoms with E-state index in [1.54, 1.807) is 7.11 Å². The SMILES string of the molecule is COc1ccc2c3c1[C@@H](CN)CCC[C@H]3CO2. The van der Waals surface area contributed by atoms with Gasteiger partial charge in [0.05, 0.1) is 13.7 Å². The summed E-state index contributed by atoms with van der Waals surface area (Å²) in [5.41, 5.74) is 8.62. The summed E-state index contributed by atoms with van der Waals surface area (Å²) >= 11 is 0. The molecule has 0 spiro atoms. The molecule has 2 aliphatic rings. The summed E-state index contributed by atoms with van der Waals surface area (Å²) in [4.78, 5) is 0. The molecule has 3 rings (SSSR count). The van der Waals surface area contributed by atoms with Crippen LogP contribution in [0.25, 0.3) is 0 Å². The highest BCUT2D eigenvalue weighted by molar-refractivity contribution is 5.54. The van der Waals surface area contributed by atoms with Crippen molar-refractivity contribution in [3.8, 4) is 11.5 Å². The van der Waals surface area contributed by atoms with Crippen LogP contribution >= 0.6 is 0 Å². The van der Waals surface area contributed by atoms with Crippen LogP contribution in [0.5, 0.6) is 11.5 Å². The van der Waals surface area contributed by atoms with Crippen molar-refractivity contribution in [3.05, 3.63) is 23.3 Å². The first kappa shape index (κ1) is 10.9. The molecule has 1 heterocycles. The van der Waals surface area contributed by atoms with Gasteiger partial charge in [0.2, 0.25) is 0 Å². The van der Waals surface area contributed by atoms with E-state index in [9.17, 15) is 0 Å². The highest BCUT2D eigenvalue weighted by Gasteiger charge is 2.34. The average molecular weight is 233 g/mol. The summed E-state index contributed by atoms with van der Waals surface area (Å²) in [6, 6.07) is 4.06. The van der Waals surface area contributed by atoms with Crippen molar-refractivity contribution in [1.82, 2.24) is 0 Å². The van der Waals surface area contributed by atoms with E-state index in [0.717, 1.165) is 18.1 Å². The van der Waals surface area contributed by atoms with Crippen molar-refractivity contribution in [2.24, 2.45) is 5.73 Å². The molecular weight excluding hydrogens is 214 g/mol. The fraction of sp³-hybridized carbons (Fsp3) is 0.571. The lowest BCUT2D eigenvalue weighted by atomic mass is 9.89. The van der Waals surface area contributed by atoms with Gasteiger partial charge in [-0.3, -0.25) is 0 Å². The third-order valence-electron chi connectivity index (χ3n) is 4.07. The van der Waals surface area contributed by atoms with E-state index in [4.69, 9.17) is 15.2 Å². The van der Waals surface area contributed by atoms with Gasteiger partial charge in [-0.15, -0.1) is 0 Å². The van der Waals surface area contributed by atoms with Crippen molar-refractivity contribution in [2.75, 3.05) is 20.3 Å². The minimum Gasteiger partial charge on any atom is -0.496 e. The lowest BCUT2D eigenvalue weighted by Crippen LogP contribution is -2.14. The summed E-state index contributed by atoms with van der Waals surface area (Å²) in [7, 11) is 1.74. The Bertz CT molecular complexity index is 430. The van der Waals surface area contributed by atoms with Crippen molar-refractivity contribution in [3.63, 3.8) is 0 Å². The third kappa shape index (κ3) is 1.61. The topological polar surface area (TPSA) is 44.5 Å². The van der Waals surface area contributed by atoms with Crippen LogP contribution < -0.4 is 15.2 Å². The molecule has 0 aromatic heterocycles. The van der Waals surface area contributed by atoms with Gasteiger partial charge in [-0.2, -0.15) is 0 Å². The normalized spacial score (nSPS) is 26.0. The molecule has 92 valence electrons. The molecule has 0 amide bonds. The molecule has 1 aliphatic heterocycles. The number of hydrogen-bond acceptors (Lipinski definition) is 3. The second-order valence-electron chi connectivity index (χ2n) is 4.96. The predicted molar refractivity (Wildman–Crippen MR) is 66.9 cm³/mol. The van der Waals surface area contributed by atoms with E-state index < -0.39 is 0 Å². The van der Waals surface area contributed by atoms with Crippen molar-refractivity contribution in [2.45, 2.75) is 31.1 Å². The molecule has 0 fully saturated rings. The zero-order valence-corrected chi connectivity index (χ0v) is 10.2. The van der Waals surface area contributed by atoms with E-state index in [1.807, 2.05) is 12.1 Å². The Morgan fingerprint density at radius 1 is 1.35 bits per heavy atom. The summed E-state index contributed by atoms with van der Waals surface area (Å²) in [5.74, 6) is 3.00. The Kier molecular flexibility index (Phi) is 2.71. The molecule has 0 bridgehead atoms. The van der Waals surface area contributed by atoms with Gasteiger partial charge in [0.25, 0.3) is 0 Å². The Hall–Kier alpha value is -1.22. The molecule has 17 heavy (non-hydrogen) atoms. The molecule has 0 radical (unpaired) electrons. The monoisotopic (exact) mass is 233 g/mol. The van der Waals surface area contributed by atoms with Crippen LogP contribution in [0, 0.1) is 0 Å². The van der Waals surface area contributed by atoms with Crippen LogP contribution in [0.15, 0.2) is 12.1 Å². The minimum atomic E-state index is 0.423. The van der Waals surface area contributed by atoms with E-state index in [2.05, 4.69) is 0 Å². The van der Waals surface area contributed by atoms with Gasteiger partial charge in [-0.1, -0.05) is 6.42 Å². The first-order valence-corrected chi connectivity index (χ1v) is 6.38. The lowest BCUT2D eigenvalue weighted by Gasteiger charge is -2.19. The molecule has 2 N–H and O–H groups in total. The molecule has 0 saturated carbocycles. The maximum absolute atomic E-state index is 5.93. The zero-order chi connectivity index (χ0) is 11.8. The van der Waals surface area contributed by atoms with E-state index in [-0.39, 0.29) is 0 Å². The molecule has 1 aliphatic carbocycles. The summed E-state index contributed by atoms with van der Waals surface area (Å²) in [5, 5.41) is 0. The van der Waals surface area contributed by atoms with Gasteiger partial charge < -0.3 is 15.2 Å². The number of hydrogen-bond donors (Lipinski definition) is 1. The number of nitrogens with two attached hydrogens (primary N) is 1. The summed E-state index contributed by atoms with van der Waals surface area (Å²) < 4.78 is 11.3. The van der Waals surface area contributed by atoms with Crippen LogP contribution in [0.1, 0.15) is 42.2 Å². The van der Waals surface area contributed by atoms with Gasteiger partial charge in [-0.05, 0) is 31.5 Å². The molecule has 0 unspecified atom stereocenters. The smallest absolute Gasteiger partial charge is 0.123 e. The minimum absolute atomic E-state index is 0.423. The molecular formula is C14H19NO2. The lowest BCUT2D eigenvalue weighted by molar-refractivity contribution is 0.322. The van der Waals surface area contributed by atoms with E-state index >= 15 is 0 Å². The first-order valence-electron chi connectivity index (χ1n) is 6.38. The van der Waals surface area contributed by atoms with E-state index in [1.165, 1.54) is 30.4 Å². The predicted octanol–water partition coefficient (Wildman–Crippen LogP) is 2.40. The molecule has 3 nitrogen and oxygen atoms in total. The fourth-order valence-electron chi connectivity index (χ4n) is 3.23. The maximum atomic E-state index is 5.93. The van der Waals surface area contributed by atoms with Crippen LogP contribution in [-0.4, -0.2) is 20.3 Å². The quantitative estimate of drug-likeness (QED) is 0.853. The third-order valence-corrected chi connectivity index (χ3v) is 4.07. The zero-order valence-electron chi connectivity index (χ0n) is 10.2. The molecule has 2 atom stereocenters. The van der Waals surface area contributed by atoms with Gasteiger partial charge in [0.15, 0.2) is 0 Å². The number of methoxy groups -OCH3 is 1. The average Bonchev–Trinajstić information content (AvgIpc) is 2.67. The van der Waals surface area contributed by atoms with Gasteiger partial charge in [0.1, 0.15) is 11.5 Å². The molecule has 1 aromatic carbocycles. The van der Waals surface area contributed by atoms with Gasteiger partial charge >= 0.3 is 0 Å². The van der Waals surface area contributed by atoms with Crippen LogP contribution in [0.3, 0.4) is 0 Å². The van der Waals surface area contributed by atoms with Crippen molar-refractivity contribution in [1.29, 1.82) is 0 Å². The Morgan fingerprint density at radius 2 is 2.24 bits per heavy atom. The number of benzene rings is 1. The molecule has 1 aromatic rings. The second-order valence-corrected chi connectivity index (χ2v) is 4.96. The van der Waals surface area contributed by atoms with Crippen molar-refractivity contribution < 1.29 is 9.47 Å². The Labute approximate surface area is 102 Å². The summed E-state index contributed by atoms with van der Waals surface area (Å²) in [6.45, 7) is 1.52. The second kappa shape index (κ2) is 4.22. The van der Waals surface area contributed by atoms with Gasteiger partial charge in [-0.25, -0.2) is 0 Å². The Balaban J connectivity index is 2.19. The van der Waals surface area contributed by atoms with Crippen molar-refractivity contribution >= 4 is 0 Å². The first-order chi connectivity index (χ1) is 8.35. The van der Waals surface area contributed by atoms with Crippen LogP contribution in [0.4, 0.5) is 0 Å². The van der Waals surface area contributed by atoms with Crippen LogP contribution in [-0.2, 0) is 0 Å². The highest BCUT2D eigenvalue weighted by atomic mass is 16.5. The summed E-state index contributed by atoms with van der Waals surface area (Å²) in [6.07, 6.45) is 3.61. The highest BCUT2D eigenvalue weighted by Crippen LogP contribution is 2.48. The fourth-order valence-corrected chi connectivity index (χ4v) is 3.23. The number of rotatable bonds is 2. The Morgan fingerprint density at radius 3 is 3.00 bits per heavy atom. The molecule has 0 saturated heterocycles. The molecule has 3 heteroatoms. The standard InChI is InChI=1S/C14H19NO2/c1-16-11-5-6-12-14-10(8-17-12)4-2-3-9(7-15)13(11)14/h5-6,9-10H,2-4,7-8,15H2,1H3/t9-,10+/m1/s1. The van der Waals surface area contributed by atoms with Gasteiger partial charge in [0, 0.05) is 23.0 Å². The largest absolute Gasteiger partial charge is 0.496 e. The van der Waals surface area contributed by atoms with Crippen LogP contribution in [0.2, 0.25) is 0 Å². The maximum Gasteiger partial charge on any atom is 0.123 e. The number of ether oxygens (including phenoxy) is 2.